The van der Waals surface area contributed by atoms with Crippen LogP contribution in [-0.4, -0.2) is 11.6 Å². The van der Waals surface area contributed by atoms with Crippen LogP contribution in [0.4, 0.5) is 0 Å². The van der Waals surface area contributed by atoms with Gasteiger partial charge in [-0.25, -0.2) is 4.98 Å². The van der Waals surface area contributed by atoms with Crippen LogP contribution in [0.1, 0.15) is 60.1 Å². The number of thiophene rings is 1. The molecular formula is C23H27NOS. The predicted molar refractivity (Wildman–Crippen MR) is 111 cm³/mol. The zero-order chi connectivity index (χ0) is 18.3. The molecule has 4 rings (SSSR count). The lowest BCUT2D eigenvalue weighted by Crippen LogP contribution is -2.07. The maximum Gasteiger partial charge on any atom is 0.124 e. The zero-order valence-electron chi connectivity index (χ0n) is 16.2. The molecule has 136 valence electrons. The first-order chi connectivity index (χ1) is 12.6. The number of aryl methyl sites for hydroxylation is 4. The van der Waals surface area contributed by atoms with Crippen LogP contribution in [0.5, 0.6) is 0 Å². The first-order valence-electron chi connectivity index (χ1n) is 9.74. The second kappa shape index (κ2) is 7.13. The van der Waals surface area contributed by atoms with Crippen LogP contribution < -0.4 is 0 Å². The Hall–Kier alpha value is -1.71. The third-order valence-electron chi connectivity index (χ3n) is 5.57. The molecule has 3 heteroatoms. The topological polar surface area (TPSA) is 22.1 Å². The molecule has 2 nitrogen and oxygen atoms in total. The van der Waals surface area contributed by atoms with Crippen LogP contribution in [0.25, 0.3) is 21.3 Å². The summed E-state index contributed by atoms with van der Waals surface area (Å²) in [4.78, 5) is 7.80. The minimum absolute atomic E-state index is 0.0469. The monoisotopic (exact) mass is 365 g/mol. The van der Waals surface area contributed by atoms with Crippen molar-refractivity contribution >= 4 is 21.6 Å². The van der Waals surface area contributed by atoms with E-state index in [0.29, 0.717) is 6.61 Å². The van der Waals surface area contributed by atoms with E-state index in [-0.39, 0.29) is 6.10 Å². The van der Waals surface area contributed by atoms with Crippen LogP contribution in [-0.2, 0) is 17.6 Å². The molecule has 26 heavy (non-hydrogen) atoms. The molecule has 2 heterocycles. The molecule has 3 aromatic rings. The molecule has 2 aromatic heterocycles. The fraction of sp³-hybridized carbons (Fsp3) is 0.435. The van der Waals surface area contributed by atoms with Crippen molar-refractivity contribution in [1.29, 1.82) is 0 Å². The first-order valence-corrected chi connectivity index (χ1v) is 10.6. The van der Waals surface area contributed by atoms with Crippen molar-refractivity contribution in [3.05, 3.63) is 51.5 Å². The lowest BCUT2D eigenvalue weighted by molar-refractivity contribution is 0.0762. The van der Waals surface area contributed by atoms with E-state index in [1.807, 2.05) is 11.3 Å². The number of fused-ring (bicyclic) bond motifs is 3. The average molecular weight is 366 g/mol. The Morgan fingerprint density at radius 3 is 2.69 bits per heavy atom. The summed E-state index contributed by atoms with van der Waals surface area (Å²) in [5.74, 6) is 0. The SMILES string of the molecule is CCOC(C)c1c(C)nc2sc3c(c2c1-c1ccccc1C)CCCC3. The summed E-state index contributed by atoms with van der Waals surface area (Å²) >= 11 is 1.91. The Labute approximate surface area is 160 Å². The van der Waals surface area contributed by atoms with Crippen molar-refractivity contribution in [2.24, 2.45) is 0 Å². The van der Waals surface area contributed by atoms with Crippen molar-refractivity contribution in [3.63, 3.8) is 0 Å². The van der Waals surface area contributed by atoms with Gasteiger partial charge in [0.15, 0.2) is 0 Å². The third-order valence-corrected chi connectivity index (χ3v) is 6.75. The molecule has 0 amide bonds. The molecule has 0 aliphatic heterocycles. The number of pyridine rings is 1. The summed E-state index contributed by atoms with van der Waals surface area (Å²) in [6, 6.07) is 8.75. The van der Waals surface area contributed by atoms with Gasteiger partial charge in [-0.05, 0) is 70.1 Å². The summed E-state index contributed by atoms with van der Waals surface area (Å²) in [6.45, 7) is 9.31. The molecule has 0 fully saturated rings. The number of benzene rings is 1. The minimum atomic E-state index is 0.0469. The molecule has 0 N–H and O–H groups in total. The normalized spacial score (nSPS) is 15.2. The summed E-state index contributed by atoms with van der Waals surface area (Å²) < 4.78 is 6.04. The van der Waals surface area contributed by atoms with E-state index in [1.54, 1.807) is 10.4 Å². The molecule has 0 radical (unpaired) electrons. The van der Waals surface area contributed by atoms with Crippen molar-refractivity contribution < 1.29 is 4.74 Å². The average Bonchev–Trinajstić information content (AvgIpc) is 2.99. The number of aromatic nitrogens is 1. The summed E-state index contributed by atoms with van der Waals surface area (Å²) in [5, 5.41) is 1.39. The van der Waals surface area contributed by atoms with E-state index in [2.05, 4.69) is 52.0 Å². The lowest BCUT2D eigenvalue weighted by atomic mass is 9.87. The second-order valence-corrected chi connectivity index (χ2v) is 8.37. The van der Waals surface area contributed by atoms with E-state index >= 15 is 0 Å². The highest BCUT2D eigenvalue weighted by molar-refractivity contribution is 7.19. The Bertz CT molecular complexity index is 956. The number of nitrogens with zero attached hydrogens (tertiary/aromatic N) is 1. The van der Waals surface area contributed by atoms with Crippen LogP contribution in [0.2, 0.25) is 0 Å². The van der Waals surface area contributed by atoms with Crippen LogP contribution in [0, 0.1) is 13.8 Å². The van der Waals surface area contributed by atoms with Gasteiger partial charge >= 0.3 is 0 Å². The van der Waals surface area contributed by atoms with E-state index < -0.39 is 0 Å². The van der Waals surface area contributed by atoms with Gasteiger partial charge in [-0.15, -0.1) is 11.3 Å². The summed E-state index contributed by atoms with van der Waals surface area (Å²) in [7, 11) is 0. The fourth-order valence-corrected chi connectivity index (χ4v) is 5.70. The predicted octanol–water partition coefficient (Wildman–Crippen LogP) is 6.56. The molecule has 0 spiro atoms. The molecule has 0 bridgehead atoms. The van der Waals surface area contributed by atoms with Gasteiger partial charge in [-0.1, -0.05) is 24.3 Å². The molecule has 0 saturated heterocycles. The largest absolute Gasteiger partial charge is 0.374 e. The van der Waals surface area contributed by atoms with E-state index in [1.165, 1.54) is 58.2 Å². The minimum Gasteiger partial charge on any atom is -0.374 e. The number of hydrogen-bond donors (Lipinski definition) is 0. The van der Waals surface area contributed by atoms with E-state index in [9.17, 15) is 0 Å². The van der Waals surface area contributed by atoms with Crippen molar-refractivity contribution in [3.8, 4) is 11.1 Å². The van der Waals surface area contributed by atoms with Gasteiger partial charge in [0.2, 0.25) is 0 Å². The molecule has 0 saturated carbocycles. The number of rotatable bonds is 4. The number of ether oxygens (including phenoxy) is 1. The highest BCUT2D eigenvalue weighted by Crippen LogP contribution is 2.45. The highest BCUT2D eigenvalue weighted by Gasteiger charge is 2.26. The standard InChI is InChI=1S/C23H27NOS/c1-5-25-16(4)20-15(3)24-23-22(18-12-8-9-13-19(18)26-23)21(20)17-11-7-6-10-14(17)2/h6-7,10-11,16H,5,8-9,12-13H2,1-4H3. The van der Waals surface area contributed by atoms with Gasteiger partial charge in [-0.2, -0.15) is 0 Å². The Kier molecular flexibility index (Phi) is 4.85. The van der Waals surface area contributed by atoms with Gasteiger partial charge in [-0.3, -0.25) is 0 Å². The zero-order valence-corrected chi connectivity index (χ0v) is 17.0. The molecule has 1 unspecified atom stereocenters. The quantitative estimate of drug-likeness (QED) is 0.522. The van der Waals surface area contributed by atoms with Gasteiger partial charge in [0.25, 0.3) is 0 Å². The molecular weight excluding hydrogens is 338 g/mol. The summed E-state index contributed by atoms with van der Waals surface area (Å²) in [5.41, 5.74) is 7.93. The Morgan fingerprint density at radius 2 is 1.92 bits per heavy atom. The number of hydrogen-bond acceptors (Lipinski definition) is 3. The molecule has 1 aliphatic rings. The van der Waals surface area contributed by atoms with Crippen molar-refractivity contribution in [2.45, 2.75) is 59.5 Å². The van der Waals surface area contributed by atoms with Crippen LogP contribution in [0.15, 0.2) is 24.3 Å². The van der Waals surface area contributed by atoms with Gasteiger partial charge in [0, 0.05) is 33.7 Å². The van der Waals surface area contributed by atoms with Crippen molar-refractivity contribution in [1.82, 2.24) is 4.98 Å². The van der Waals surface area contributed by atoms with E-state index in [0.717, 1.165) is 5.69 Å². The maximum atomic E-state index is 6.04. The Balaban J connectivity index is 2.11. The van der Waals surface area contributed by atoms with Gasteiger partial charge in [0.05, 0.1) is 6.10 Å². The smallest absolute Gasteiger partial charge is 0.124 e. The van der Waals surface area contributed by atoms with Gasteiger partial charge in [0.1, 0.15) is 4.83 Å². The van der Waals surface area contributed by atoms with Crippen LogP contribution in [0.3, 0.4) is 0 Å². The maximum absolute atomic E-state index is 6.04. The van der Waals surface area contributed by atoms with Gasteiger partial charge < -0.3 is 4.74 Å². The fourth-order valence-electron chi connectivity index (χ4n) is 4.38. The third kappa shape index (κ3) is 2.87. The van der Waals surface area contributed by atoms with Crippen LogP contribution >= 0.6 is 11.3 Å². The van der Waals surface area contributed by atoms with Crippen molar-refractivity contribution in [2.75, 3.05) is 6.61 Å². The Morgan fingerprint density at radius 1 is 1.15 bits per heavy atom. The van der Waals surface area contributed by atoms with E-state index in [4.69, 9.17) is 9.72 Å². The molecule has 1 atom stereocenters. The molecule has 1 aromatic carbocycles. The first kappa shape index (κ1) is 17.7. The highest BCUT2D eigenvalue weighted by atomic mass is 32.1. The second-order valence-electron chi connectivity index (χ2n) is 7.29. The summed E-state index contributed by atoms with van der Waals surface area (Å²) in [6.07, 6.45) is 5.03. The lowest BCUT2D eigenvalue weighted by Gasteiger charge is -2.22. The molecule has 1 aliphatic carbocycles.